The lowest BCUT2D eigenvalue weighted by Gasteiger charge is -2.28. The molecule has 1 aliphatic heterocycles. The van der Waals surface area contributed by atoms with E-state index in [1.165, 1.54) is 12.8 Å². The predicted octanol–water partition coefficient (Wildman–Crippen LogP) is 1.97. The van der Waals surface area contributed by atoms with Crippen LogP contribution in [0.25, 0.3) is 0 Å². The Hall–Kier alpha value is -1.26. The van der Waals surface area contributed by atoms with Gasteiger partial charge in [-0.25, -0.2) is 0 Å². The lowest BCUT2D eigenvalue weighted by atomic mass is 9.87. The summed E-state index contributed by atoms with van der Waals surface area (Å²) in [5.74, 6) is 1.00. The largest absolute Gasteiger partial charge is 0.508 e. The zero-order valence-electron chi connectivity index (χ0n) is 11.1. The van der Waals surface area contributed by atoms with Crippen LogP contribution in [0, 0.1) is 5.41 Å². The number of phenols is 1. The molecule has 0 bridgehead atoms. The molecule has 1 atom stereocenters. The Morgan fingerprint density at radius 3 is 2.84 bits per heavy atom. The summed E-state index contributed by atoms with van der Waals surface area (Å²) in [6.07, 6.45) is 4.64. The van der Waals surface area contributed by atoms with Gasteiger partial charge in [-0.05, 0) is 25.0 Å². The van der Waals surface area contributed by atoms with E-state index in [1.54, 1.807) is 12.1 Å². The second kappa shape index (κ2) is 5.02. The molecule has 1 saturated carbocycles. The maximum Gasteiger partial charge on any atom is 0.127 e. The molecule has 2 aliphatic rings. The summed E-state index contributed by atoms with van der Waals surface area (Å²) in [5.41, 5.74) is 1.16. The zero-order valence-corrected chi connectivity index (χ0v) is 11.1. The average Bonchev–Trinajstić information content (AvgIpc) is 3.03. The first-order chi connectivity index (χ1) is 9.22. The third-order valence-corrected chi connectivity index (χ3v) is 4.50. The smallest absolute Gasteiger partial charge is 0.127 e. The van der Waals surface area contributed by atoms with E-state index in [1.807, 2.05) is 6.07 Å². The molecular weight excluding hydrogens is 242 g/mol. The molecule has 4 heteroatoms. The van der Waals surface area contributed by atoms with E-state index >= 15 is 0 Å². The molecule has 1 heterocycles. The van der Waals surface area contributed by atoms with Crippen molar-refractivity contribution in [1.29, 1.82) is 0 Å². The van der Waals surface area contributed by atoms with Crippen LogP contribution >= 0.6 is 0 Å². The standard InChI is InChI=1S/C15H21NO3/c17-10-15(5-1-2-6-15)9-16-13-8-19-14-7-11(18)3-4-12(13)14/h3-4,7,13,16-18H,1-2,5-6,8-10H2. The van der Waals surface area contributed by atoms with Crippen LogP contribution in [-0.2, 0) is 0 Å². The van der Waals surface area contributed by atoms with Gasteiger partial charge in [0.05, 0.1) is 6.04 Å². The number of aliphatic hydroxyl groups excluding tert-OH is 1. The zero-order chi connectivity index (χ0) is 13.3. The van der Waals surface area contributed by atoms with Crippen LogP contribution in [-0.4, -0.2) is 30.0 Å². The number of hydrogen-bond acceptors (Lipinski definition) is 4. The number of phenolic OH excluding ortho intramolecular Hbond substituents is 1. The Bertz CT molecular complexity index is 455. The highest BCUT2D eigenvalue weighted by Crippen LogP contribution is 2.39. The van der Waals surface area contributed by atoms with Crippen LogP contribution in [0.15, 0.2) is 18.2 Å². The Morgan fingerprint density at radius 1 is 1.32 bits per heavy atom. The second-order valence-corrected chi connectivity index (χ2v) is 5.83. The van der Waals surface area contributed by atoms with Crippen molar-refractivity contribution < 1.29 is 14.9 Å². The fourth-order valence-corrected chi connectivity index (χ4v) is 3.22. The molecule has 3 rings (SSSR count). The van der Waals surface area contributed by atoms with Gasteiger partial charge in [-0.2, -0.15) is 0 Å². The van der Waals surface area contributed by atoms with E-state index in [9.17, 15) is 10.2 Å². The normalized spacial score (nSPS) is 24.2. The maximum atomic E-state index is 9.62. The van der Waals surface area contributed by atoms with E-state index in [4.69, 9.17) is 4.74 Å². The Morgan fingerprint density at radius 2 is 2.11 bits per heavy atom. The molecule has 3 N–H and O–H groups in total. The van der Waals surface area contributed by atoms with Crippen molar-refractivity contribution in [1.82, 2.24) is 5.32 Å². The first-order valence-electron chi connectivity index (χ1n) is 7.02. The first kappa shape index (κ1) is 12.8. The molecule has 0 saturated heterocycles. The van der Waals surface area contributed by atoms with Crippen molar-refractivity contribution >= 4 is 0 Å². The van der Waals surface area contributed by atoms with E-state index in [-0.39, 0.29) is 23.8 Å². The van der Waals surface area contributed by atoms with Crippen molar-refractivity contribution in [2.24, 2.45) is 5.41 Å². The maximum absolute atomic E-state index is 9.62. The van der Waals surface area contributed by atoms with Crippen LogP contribution in [0.4, 0.5) is 0 Å². The van der Waals surface area contributed by atoms with Crippen LogP contribution in [0.3, 0.4) is 0 Å². The lowest BCUT2D eigenvalue weighted by molar-refractivity contribution is 0.123. The number of hydrogen-bond donors (Lipinski definition) is 3. The van der Waals surface area contributed by atoms with E-state index in [2.05, 4.69) is 5.32 Å². The molecule has 0 aromatic heterocycles. The van der Waals surface area contributed by atoms with Gasteiger partial charge in [0.25, 0.3) is 0 Å². The van der Waals surface area contributed by atoms with E-state index < -0.39 is 0 Å². The molecule has 4 nitrogen and oxygen atoms in total. The number of nitrogens with one attached hydrogen (secondary N) is 1. The average molecular weight is 263 g/mol. The minimum atomic E-state index is 0.0552. The Balaban J connectivity index is 1.66. The first-order valence-corrected chi connectivity index (χ1v) is 7.02. The SMILES string of the molecule is OCC1(CNC2COc3cc(O)ccc32)CCCC1. The summed E-state index contributed by atoms with van der Waals surface area (Å²) in [5, 5.41) is 22.6. The number of ether oxygens (including phenoxy) is 1. The van der Waals surface area contributed by atoms with Crippen molar-refractivity contribution in [3.05, 3.63) is 23.8 Å². The van der Waals surface area contributed by atoms with Crippen LogP contribution < -0.4 is 10.1 Å². The van der Waals surface area contributed by atoms with Gasteiger partial charge in [0.1, 0.15) is 18.1 Å². The lowest BCUT2D eigenvalue weighted by Crippen LogP contribution is -2.37. The molecule has 104 valence electrons. The predicted molar refractivity (Wildman–Crippen MR) is 72.3 cm³/mol. The fourth-order valence-electron chi connectivity index (χ4n) is 3.22. The number of aliphatic hydroxyl groups is 1. The van der Waals surface area contributed by atoms with Gasteiger partial charge in [-0.1, -0.05) is 12.8 Å². The second-order valence-electron chi connectivity index (χ2n) is 5.83. The topological polar surface area (TPSA) is 61.7 Å². The van der Waals surface area contributed by atoms with Crippen molar-refractivity contribution in [2.75, 3.05) is 19.8 Å². The monoisotopic (exact) mass is 263 g/mol. The van der Waals surface area contributed by atoms with Gasteiger partial charge in [-0.15, -0.1) is 0 Å². The molecule has 0 spiro atoms. The highest BCUT2D eigenvalue weighted by molar-refractivity contribution is 5.44. The summed E-state index contributed by atoms with van der Waals surface area (Å²) < 4.78 is 5.59. The van der Waals surface area contributed by atoms with E-state index in [0.717, 1.165) is 30.7 Å². The van der Waals surface area contributed by atoms with E-state index in [0.29, 0.717) is 6.61 Å². The summed E-state index contributed by atoms with van der Waals surface area (Å²) >= 11 is 0. The minimum absolute atomic E-state index is 0.0552. The number of rotatable bonds is 4. The molecule has 1 unspecified atom stereocenters. The molecule has 0 amide bonds. The third kappa shape index (κ3) is 2.42. The molecule has 0 radical (unpaired) electrons. The third-order valence-electron chi connectivity index (χ3n) is 4.50. The van der Waals surface area contributed by atoms with Crippen molar-refractivity contribution in [2.45, 2.75) is 31.7 Å². The summed E-state index contributed by atoms with van der Waals surface area (Å²) in [6, 6.07) is 5.43. The fraction of sp³-hybridized carbons (Fsp3) is 0.600. The van der Waals surface area contributed by atoms with Crippen molar-refractivity contribution in [3.8, 4) is 11.5 Å². The van der Waals surface area contributed by atoms with Crippen molar-refractivity contribution in [3.63, 3.8) is 0 Å². The van der Waals surface area contributed by atoms with Gasteiger partial charge in [0.2, 0.25) is 0 Å². The molecule has 1 aromatic rings. The highest BCUT2D eigenvalue weighted by atomic mass is 16.5. The molecular formula is C15H21NO3. The Kier molecular flexibility index (Phi) is 3.37. The number of benzene rings is 1. The van der Waals surface area contributed by atoms with Gasteiger partial charge in [-0.3, -0.25) is 0 Å². The Labute approximate surface area is 113 Å². The van der Waals surface area contributed by atoms with Gasteiger partial charge in [0.15, 0.2) is 0 Å². The molecule has 1 fully saturated rings. The molecule has 1 aliphatic carbocycles. The van der Waals surface area contributed by atoms with Gasteiger partial charge >= 0.3 is 0 Å². The van der Waals surface area contributed by atoms with Gasteiger partial charge in [0, 0.05) is 30.2 Å². The van der Waals surface area contributed by atoms with Gasteiger partial charge < -0.3 is 20.3 Å². The highest BCUT2D eigenvalue weighted by Gasteiger charge is 2.34. The van der Waals surface area contributed by atoms with Crippen LogP contribution in [0.2, 0.25) is 0 Å². The van der Waals surface area contributed by atoms with Crippen LogP contribution in [0.5, 0.6) is 11.5 Å². The number of fused-ring (bicyclic) bond motifs is 1. The molecule has 1 aromatic carbocycles. The minimum Gasteiger partial charge on any atom is -0.508 e. The molecule has 19 heavy (non-hydrogen) atoms. The summed E-state index contributed by atoms with van der Waals surface area (Å²) in [7, 11) is 0. The quantitative estimate of drug-likeness (QED) is 0.777. The summed E-state index contributed by atoms with van der Waals surface area (Å²) in [4.78, 5) is 0. The number of aromatic hydroxyl groups is 1. The van der Waals surface area contributed by atoms with Crippen LogP contribution in [0.1, 0.15) is 37.3 Å². The summed E-state index contributed by atoms with van der Waals surface area (Å²) in [6.45, 7) is 1.69.